The lowest BCUT2D eigenvalue weighted by Gasteiger charge is -2.37. The van der Waals surface area contributed by atoms with Gasteiger partial charge >= 0.3 is 0 Å². The van der Waals surface area contributed by atoms with Crippen molar-refractivity contribution >= 4 is 21.7 Å². The van der Waals surface area contributed by atoms with E-state index >= 15 is 0 Å². The van der Waals surface area contributed by atoms with E-state index in [9.17, 15) is 8.42 Å². The molecule has 0 bridgehead atoms. The molecule has 3 rings (SSSR count). The van der Waals surface area contributed by atoms with Crippen LogP contribution in [0.5, 0.6) is 0 Å². The first-order valence-electron chi connectivity index (χ1n) is 9.75. The lowest BCUT2D eigenvalue weighted by Crippen LogP contribution is -2.54. The van der Waals surface area contributed by atoms with Gasteiger partial charge in [0.25, 0.3) is 0 Å². The van der Waals surface area contributed by atoms with Crippen molar-refractivity contribution in [3.8, 4) is 0 Å². The van der Waals surface area contributed by atoms with E-state index in [0.717, 1.165) is 50.9 Å². The molecule has 0 radical (unpaired) electrons. The van der Waals surface area contributed by atoms with Crippen LogP contribution in [0.1, 0.15) is 26.7 Å². The number of piperazine rings is 1. The average Bonchev–Trinajstić information content (AvgIpc) is 3.04. The van der Waals surface area contributed by atoms with Crippen molar-refractivity contribution in [1.29, 1.82) is 0 Å². The molecular weight excluding hydrogens is 364 g/mol. The first-order chi connectivity index (χ1) is 13.0. The Morgan fingerprint density at radius 3 is 2.59 bits per heavy atom. The van der Waals surface area contributed by atoms with E-state index < -0.39 is 9.84 Å². The number of aromatic nitrogens is 2. The highest BCUT2D eigenvalue weighted by Crippen LogP contribution is 2.19. The Morgan fingerprint density at radius 2 is 2.00 bits per heavy atom. The summed E-state index contributed by atoms with van der Waals surface area (Å²) >= 11 is 0. The number of nitrogens with zero attached hydrogens (tertiary/aromatic N) is 5. The molecule has 0 amide bonds. The molecule has 1 N–H and O–H groups in total. The molecule has 0 aliphatic carbocycles. The highest BCUT2D eigenvalue weighted by Gasteiger charge is 2.28. The summed E-state index contributed by atoms with van der Waals surface area (Å²) < 4.78 is 23.4. The first kappa shape index (κ1) is 19.9. The second-order valence-corrected chi connectivity index (χ2v) is 9.64. The minimum absolute atomic E-state index is 0.141. The highest BCUT2D eigenvalue weighted by atomic mass is 32.2. The van der Waals surface area contributed by atoms with E-state index in [-0.39, 0.29) is 11.7 Å². The largest absolute Gasteiger partial charge is 0.354 e. The molecule has 2 saturated heterocycles. The molecule has 2 unspecified atom stereocenters. The Hall–Kier alpha value is -1.90. The Kier molecular flexibility index (Phi) is 6.51. The molecule has 2 aliphatic rings. The number of aliphatic imine (C=N–C) groups is 1. The SMILES string of the molecule is CCC(C)NC(=NCC1CCS(=O)(=O)C1)N1CCN(c2ncccn2)CC1. The number of rotatable bonds is 5. The van der Waals surface area contributed by atoms with Gasteiger partial charge in [0.2, 0.25) is 5.95 Å². The van der Waals surface area contributed by atoms with Crippen molar-refractivity contribution in [2.45, 2.75) is 32.7 Å². The summed E-state index contributed by atoms with van der Waals surface area (Å²) in [6, 6.07) is 2.15. The Balaban J connectivity index is 1.62. The van der Waals surface area contributed by atoms with E-state index in [1.165, 1.54) is 0 Å². The minimum atomic E-state index is -2.86. The van der Waals surface area contributed by atoms with E-state index in [1.54, 1.807) is 12.4 Å². The molecule has 2 aliphatic heterocycles. The topological polar surface area (TPSA) is 90.8 Å². The Labute approximate surface area is 162 Å². The number of anilines is 1. The molecule has 9 heteroatoms. The van der Waals surface area contributed by atoms with Crippen molar-refractivity contribution in [3.63, 3.8) is 0 Å². The van der Waals surface area contributed by atoms with E-state index in [4.69, 9.17) is 4.99 Å². The van der Waals surface area contributed by atoms with Gasteiger partial charge < -0.3 is 15.1 Å². The van der Waals surface area contributed by atoms with Gasteiger partial charge in [-0.1, -0.05) is 6.92 Å². The van der Waals surface area contributed by atoms with Crippen LogP contribution in [-0.2, 0) is 9.84 Å². The van der Waals surface area contributed by atoms with E-state index in [1.807, 2.05) is 6.07 Å². The van der Waals surface area contributed by atoms with Crippen molar-refractivity contribution in [3.05, 3.63) is 18.5 Å². The lowest BCUT2D eigenvalue weighted by molar-refractivity contribution is 0.362. The third-order valence-electron chi connectivity index (χ3n) is 5.23. The second-order valence-electron chi connectivity index (χ2n) is 7.41. The van der Waals surface area contributed by atoms with Gasteiger partial charge in [-0.2, -0.15) is 0 Å². The van der Waals surface area contributed by atoms with Crippen LogP contribution in [0.3, 0.4) is 0 Å². The number of hydrogen-bond donors (Lipinski definition) is 1. The Morgan fingerprint density at radius 1 is 1.30 bits per heavy atom. The molecule has 0 saturated carbocycles. The average molecular weight is 395 g/mol. The maximum absolute atomic E-state index is 11.7. The summed E-state index contributed by atoms with van der Waals surface area (Å²) in [7, 11) is -2.86. The van der Waals surface area contributed by atoms with Crippen LogP contribution in [0.15, 0.2) is 23.5 Å². The molecule has 3 heterocycles. The third kappa shape index (κ3) is 5.54. The summed E-state index contributed by atoms with van der Waals surface area (Å²) in [6.07, 6.45) is 5.26. The molecule has 1 aromatic rings. The molecule has 150 valence electrons. The van der Waals surface area contributed by atoms with Gasteiger partial charge in [-0.25, -0.2) is 18.4 Å². The highest BCUT2D eigenvalue weighted by molar-refractivity contribution is 7.91. The monoisotopic (exact) mass is 394 g/mol. The molecule has 0 aromatic carbocycles. The number of nitrogens with one attached hydrogen (secondary N) is 1. The summed E-state index contributed by atoms with van der Waals surface area (Å²) in [6.45, 7) is 8.20. The fourth-order valence-electron chi connectivity index (χ4n) is 3.36. The zero-order valence-corrected chi connectivity index (χ0v) is 17.0. The maximum Gasteiger partial charge on any atom is 0.225 e. The van der Waals surface area contributed by atoms with Crippen LogP contribution in [0.2, 0.25) is 0 Å². The van der Waals surface area contributed by atoms with Gasteiger partial charge in [0.1, 0.15) is 0 Å². The summed E-state index contributed by atoms with van der Waals surface area (Å²) in [5.41, 5.74) is 0. The molecule has 27 heavy (non-hydrogen) atoms. The van der Waals surface area contributed by atoms with Gasteiger partial charge in [-0.3, -0.25) is 4.99 Å². The van der Waals surface area contributed by atoms with Crippen molar-refractivity contribution in [2.75, 3.05) is 49.1 Å². The van der Waals surface area contributed by atoms with Gasteiger partial charge in [-0.05, 0) is 31.7 Å². The van der Waals surface area contributed by atoms with Crippen LogP contribution in [0.4, 0.5) is 5.95 Å². The standard InChI is InChI=1S/C18H30N6O2S/c1-3-15(2)22-18(21-13-16-5-12-27(25,26)14-16)24-10-8-23(9-11-24)17-19-6-4-7-20-17/h4,6-7,15-16H,3,5,8-14H2,1-2H3,(H,21,22). The first-order valence-corrected chi connectivity index (χ1v) is 11.6. The molecule has 0 spiro atoms. The van der Waals surface area contributed by atoms with Crippen molar-refractivity contribution in [1.82, 2.24) is 20.2 Å². The fourth-order valence-corrected chi connectivity index (χ4v) is 5.21. The predicted molar refractivity (Wildman–Crippen MR) is 108 cm³/mol. The molecule has 8 nitrogen and oxygen atoms in total. The van der Waals surface area contributed by atoms with Crippen LogP contribution in [0, 0.1) is 5.92 Å². The van der Waals surface area contributed by atoms with E-state index in [0.29, 0.717) is 18.3 Å². The smallest absolute Gasteiger partial charge is 0.225 e. The fraction of sp³-hybridized carbons (Fsp3) is 0.722. The van der Waals surface area contributed by atoms with Gasteiger partial charge in [-0.15, -0.1) is 0 Å². The third-order valence-corrected chi connectivity index (χ3v) is 7.07. The second kappa shape index (κ2) is 8.86. The zero-order valence-electron chi connectivity index (χ0n) is 16.2. The van der Waals surface area contributed by atoms with E-state index in [2.05, 4.69) is 38.9 Å². The normalized spacial score (nSPS) is 24.1. The number of guanidine groups is 1. The van der Waals surface area contributed by atoms with Gasteiger partial charge in [0.05, 0.1) is 11.5 Å². The van der Waals surface area contributed by atoms with Crippen LogP contribution >= 0.6 is 0 Å². The number of hydrogen-bond acceptors (Lipinski definition) is 6. The summed E-state index contributed by atoms with van der Waals surface area (Å²) in [5.74, 6) is 2.37. The summed E-state index contributed by atoms with van der Waals surface area (Å²) in [5, 5.41) is 3.51. The molecular formula is C18H30N6O2S. The maximum atomic E-state index is 11.7. The van der Waals surface area contributed by atoms with Gasteiger partial charge in [0, 0.05) is 51.2 Å². The molecule has 2 fully saturated rings. The molecule has 2 atom stereocenters. The summed E-state index contributed by atoms with van der Waals surface area (Å²) in [4.78, 5) is 17.9. The van der Waals surface area contributed by atoms with Gasteiger partial charge in [0.15, 0.2) is 15.8 Å². The number of sulfone groups is 1. The van der Waals surface area contributed by atoms with Crippen molar-refractivity contribution in [2.24, 2.45) is 10.9 Å². The zero-order chi connectivity index (χ0) is 19.3. The quantitative estimate of drug-likeness (QED) is 0.583. The Bertz CT molecular complexity index is 731. The predicted octanol–water partition coefficient (Wildman–Crippen LogP) is 0.777. The van der Waals surface area contributed by atoms with Crippen LogP contribution in [0.25, 0.3) is 0 Å². The van der Waals surface area contributed by atoms with Crippen LogP contribution in [-0.4, -0.2) is 79.5 Å². The molecule has 1 aromatic heterocycles. The minimum Gasteiger partial charge on any atom is -0.354 e. The lowest BCUT2D eigenvalue weighted by atomic mass is 10.1. The van der Waals surface area contributed by atoms with Crippen molar-refractivity contribution < 1.29 is 8.42 Å². The van der Waals surface area contributed by atoms with Crippen LogP contribution < -0.4 is 10.2 Å².